The smallest absolute Gasteiger partial charge is 0.0404 e. The van der Waals surface area contributed by atoms with Crippen molar-refractivity contribution in [2.75, 3.05) is 0 Å². The minimum atomic E-state index is 0.463. The summed E-state index contributed by atoms with van der Waals surface area (Å²) in [7, 11) is 0. The third-order valence-corrected chi connectivity index (χ3v) is 2.70. The van der Waals surface area contributed by atoms with Gasteiger partial charge < -0.3 is 0 Å². The van der Waals surface area contributed by atoms with Gasteiger partial charge in [-0.05, 0) is 24.7 Å². The Labute approximate surface area is 54.5 Å². The molecule has 0 aromatic heterocycles. The van der Waals surface area contributed by atoms with Crippen LogP contribution < -0.4 is 0 Å². The van der Waals surface area contributed by atoms with Crippen LogP contribution in [0.5, 0.6) is 0 Å². The molecule has 0 amide bonds. The number of rotatable bonds is 0. The fourth-order valence-electron chi connectivity index (χ4n) is 1.71. The van der Waals surface area contributed by atoms with Gasteiger partial charge in [-0.3, -0.25) is 0 Å². The van der Waals surface area contributed by atoms with Crippen LogP contribution in [0.1, 0.15) is 12.8 Å². The van der Waals surface area contributed by atoms with Crippen LogP contribution in [-0.2, 0) is 0 Å². The highest BCUT2D eigenvalue weighted by atomic mass is 35.5. The van der Waals surface area contributed by atoms with E-state index in [4.69, 9.17) is 11.6 Å². The van der Waals surface area contributed by atoms with Gasteiger partial charge in [0.1, 0.15) is 0 Å². The van der Waals surface area contributed by atoms with Crippen molar-refractivity contribution in [3.05, 3.63) is 12.2 Å². The lowest BCUT2D eigenvalue weighted by atomic mass is 10.1. The van der Waals surface area contributed by atoms with Crippen molar-refractivity contribution in [2.24, 2.45) is 11.8 Å². The Morgan fingerprint density at radius 1 is 1.25 bits per heavy atom. The molecule has 0 spiro atoms. The third-order valence-electron chi connectivity index (χ3n) is 2.20. The molecule has 0 aromatic carbocycles. The molecule has 1 saturated carbocycles. The second kappa shape index (κ2) is 1.51. The minimum Gasteiger partial charge on any atom is -0.122 e. The van der Waals surface area contributed by atoms with Crippen molar-refractivity contribution in [2.45, 2.75) is 18.2 Å². The van der Waals surface area contributed by atoms with Gasteiger partial charge in [0.15, 0.2) is 0 Å². The highest BCUT2D eigenvalue weighted by Gasteiger charge is 2.33. The summed E-state index contributed by atoms with van der Waals surface area (Å²) in [6.45, 7) is 0. The van der Waals surface area contributed by atoms with E-state index in [1.54, 1.807) is 0 Å². The first-order chi connectivity index (χ1) is 3.86. The molecule has 2 bridgehead atoms. The lowest BCUT2D eigenvalue weighted by Crippen LogP contribution is -2.03. The van der Waals surface area contributed by atoms with Crippen molar-refractivity contribution in [1.82, 2.24) is 0 Å². The lowest BCUT2D eigenvalue weighted by Gasteiger charge is -2.07. The first kappa shape index (κ1) is 4.87. The van der Waals surface area contributed by atoms with E-state index in [-0.39, 0.29) is 0 Å². The van der Waals surface area contributed by atoms with Gasteiger partial charge in [-0.25, -0.2) is 0 Å². The van der Waals surface area contributed by atoms with Crippen LogP contribution in [0.4, 0.5) is 0 Å². The first-order valence-electron chi connectivity index (χ1n) is 3.18. The molecule has 8 heavy (non-hydrogen) atoms. The zero-order chi connectivity index (χ0) is 5.56. The van der Waals surface area contributed by atoms with Crippen LogP contribution in [0.25, 0.3) is 0 Å². The topological polar surface area (TPSA) is 0 Å². The predicted octanol–water partition coefficient (Wildman–Crippen LogP) is 2.19. The largest absolute Gasteiger partial charge is 0.122 e. The van der Waals surface area contributed by atoms with Crippen molar-refractivity contribution in [3.63, 3.8) is 0 Å². The molecule has 2 aliphatic carbocycles. The average Bonchev–Trinajstić information content (AvgIpc) is 2.23. The van der Waals surface area contributed by atoms with Gasteiger partial charge >= 0.3 is 0 Å². The zero-order valence-electron chi connectivity index (χ0n) is 4.68. The van der Waals surface area contributed by atoms with Crippen molar-refractivity contribution in [1.29, 1.82) is 0 Å². The number of hydrogen-bond acceptors (Lipinski definition) is 0. The van der Waals surface area contributed by atoms with Crippen molar-refractivity contribution in [3.8, 4) is 0 Å². The minimum absolute atomic E-state index is 0.463. The van der Waals surface area contributed by atoms with E-state index >= 15 is 0 Å². The summed E-state index contributed by atoms with van der Waals surface area (Å²) in [4.78, 5) is 0. The Balaban J connectivity index is 2.23. The van der Waals surface area contributed by atoms with E-state index in [0.29, 0.717) is 5.38 Å². The number of hydrogen-bond donors (Lipinski definition) is 0. The fourth-order valence-corrected chi connectivity index (χ4v) is 2.13. The molecule has 1 heteroatoms. The monoisotopic (exact) mass is 128 g/mol. The maximum atomic E-state index is 5.96. The summed E-state index contributed by atoms with van der Waals surface area (Å²) >= 11 is 5.96. The lowest BCUT2D eigenvalue weighted by molar-refractivity contribution is 0.692. The molecule has 0 aliphatic heterocycles. The first-order valence-corrected chi connectivity index (χ1v) is 3.62. The molecule has 3 atom stereocenters. The standard InChI is InChI=1S/C7H9Cl/c8-7-4-5-1-2-6(7)3-5/h1-2,5-7H,3-4H2/t5-,6+,7+/m0/s1. The molecule has 0 aromatic rings. The average molecular weight is 129 g/mol. The Kier molecular flexibility index (Phi) is 0.916. The Bertz CT molecular complexity index is 128. The molecule has 0 N–H and O–H groups in total. The fraction of sp³-hybridized carbons (Fsp3) is 0.714. The highest BCUT2D eigenvalue weighted by molar-refractivity contribution is 6.21. The maximum Gasteiger partial charge on any atom is 0.0404 e. The van der Waals surface area contributed by atoms with E-state index in [2.05, 4.69) is 12.2 Å². The SMILES string of the molecule is Cl[C@@H]1C[C@H]2C=C[C@@H]1C2. The molecule has 0 saturated heterocycles. The van der Waals surface area contributed by atoms with E-state index in [0.717, 1.165) is 11.8 Å². The summed E-state index contributed by atoms with van der Waals surface area (Å²) < 4.78 is 0. The van der Waals surface area contributed by atoms with Crippen LogP contribution in [0.2, 0.25) is 0 Å². The summed E-state index contributed by atoms with van der Waals surface area (Å²) in [6.07, 6.45) is 7.13. The molecule has 1 fully saturated rings. The van der Waals surface area contributed by atoms with Crippen molar-refractivity contribution < 1.29 is 0 Å². The van der Waals surface area contributed by atoms with E-state index < -0.39 is 0 Å². The molecule has 2 aliphatic rings. The van der Waals surface area contributed by atoms with Crippen molar-refractivity contribution >= 4 is 11.6 Å². The van der Waals surface area contributed by atoms with Crippen LogP contribution in [0.3, 0.4) is 0 Å². The van der Waals surface area contributed by atoms with Gasteiger partial charge in [-0.1, -0.05) is 12.2 Å². The second-order valence-corrected chi connectivity index (χ2v) is 3.36. The summed E-state index contributed by atoms with van der Waals surface area (Å²) in [6, 6.07) is 0. The molecule has 44 valence electrons. The van der Waals surface area contributed by atoms with E-state index in [1.165, 1.54) is 12.8 Å². The van der Waals surface area contributed by atoms with Crippen LogP contribution >= 0.6 is 11.6 Å². The van der Waals surface area contributed by atoms with E-state index in [1.807, 2.05) is 0 Å². The number of allylic oxidation sites excluding steroid dienone is 2. The van der Waals surface area contributed by atoms with Gasteiger partial charge in [0.2, 0.25) is 0 Å². The van der Waals surface area contributed by atoms with Gasteiger partial charge in [-0.15, -0.1) is 11.6 Å². The Morgan fingerprint density at radius 3 is 2.38 bits per heavy atom. The molecule has 0 radical (unpaired) electrons. The summed E-state index contributed by atoms with van der Waals surface area (Å²) in [5.74, 6) is 1.56. The Hall–Kier alpha value is 0.0300. The van der Waals surface area contributed by atoms with Gasteiger partial charge in [0.25, 0.3) is 0 Å². The maximum absolute atomic E-state index is 5.96. The van der Waals surface area contributed by atoms with Crippen LogP contribution in [0.15, 0.2) is 12.2 Å². The number of halogens is 1. The second-order valence-electron chi connectivity index (χ2n) is 2.80. The Morgan fingerprint density at radius 2 is 2.12 bits per heavy atom. The summed E-state index contributed by atoms with van der Waals surface area (Å²) in [5.41, 5.74) is 0. The summed E-state index contributed by atoms with van der Waals surface area (Å²) in [5, 5.41) is 0.463. The molecular formula is C7H9Cl. The van der Waals surface area contributed by atoms with Gasteiger partial charge in [0, 0.05) is 5.38 Å². The van der Waals surface area contributed by atoms with Gasteiger partial charge in [-0.2, -0.15) is 0 Å². The normalized spacial score (nSPS) is 50.9. The number of alkyl halides is 1. The predicted molar refractivity (Wildman–Crippen MR) is 35.0 cm³/mol. The molecule has 0 nitrogen and oxygen atoms in total. The number of fused-ring (bicyclic) bond motifs is 2. The molecule has 2 rings (SSSR count). The molecular weight excluding hydrogens is 120 g/mol. The highest BCUT2D eigenvalue weighted by Crippen LogP contribution is 2.41. The van der Waals surface area contributed by atoms with Crippen LogP contribution in [-0.4, -0.2) is 5.38 Å². The quantitative estimate of drug-likeness (QED) is 0.347. The third kappa shape index (κ3) is 0.526. The molecule has 0 unspecified atom stereocenters. The van der Waals surface area contributed by atoms with Gasteiger partial charge in [0.05, 0.1) is 0 Å². The van der Waals surface area contributed by atoms with E-state index in [9.17, 15) is 0 Å². The molecule has 0 heterocycles. The van der Waals surface area contributed by atoms with Crippen LogP contribution in [0, 0.1) is 11.8 Å². The zero-order valence-corrected chi connectivity index (χ0v) is 5.43.